The first-order chi connectivity index (χ1) is 10.1. The molecule has 1 amide bonds. The fourth-order valence-electron chi connectivity index (χ4n) is 1.64. The molecule has 2 rings (SSSR count). The quantitative estimate of drug-likeness (QED) is 0.838. The van der Waals surface area contributed by atoms with Crippen LogP contribution in [0.5, 0.6) is 0 Å². The van der Waals surface area contributed by atoms with E-state index in [9.17, 15) is 4.79 Å². The molecule has 0 aliphatic carbocycles. The van der Waals surface area contributed by atoms with Gasteiger partial charge >= 0.3 is 0 Å². The van der Waals surface area contributed by atoms with Gasteiger partial charge in [0.25, 0.3) is 5.91 Å². The highest BCUT2D eigenvalue weighted by atomic mass is 35.5. The van der Waals surface area contributed by atoms with Crippen LogP contribution in [-0.4, -0.2) is 17.4 Å². The fraction of sp³-hybridized carbons (Fsp3) is 0.125. The number of carbonyl (C=O) groups excluding carboxylic acids is 1. The molecule has 1 heterocycles. The summed E-state index contributed by atoms with van der Waals surface area (Å²) in [6.07, 6.45) is 0. The molecule has 0 atom stereocenters. The molecule has 1 aromatic carbocycles. The zero-order chi connectivity index (χ0) is 15.2. The summed E-state index contributed by atoms with van der Waals surface area (Å²) in [5.41, 5.74) is 7.27. The van der Waals surface area contributed by atoms with Gasteiger partial charge in [-0.2, -0.15) is 0 Å². The van der Waals surface area contributed by atoms with Crippen LogP contribution in [0.1, 0.15) is 21.6 Å². The highest BCUT2D eigenvalue weighted by molar-refractivity contribution is 6.31. The first kappa shape index (κ1) is 15.0. The van der Waals surface area contributed by atoms with E-state index in [2.05, 4.69) is 22.1 Å². The second-order valence-corrected chi connectivity index (χ2v) is 4.74. The topological polar surface area (TPSA) is 68.0 Å². The lowest BCUT2D eigenvalue weighted by Gasteiger charge is -2.06. The first-order valence-electron chi connectivity index (χ1n) is 6.33. The van der Waals surface area contributed by atoms with E-state index >= 15 is 0 Å². The Morgan fingerprint density at radius 1 is 1.38 bits per heavy atom. The summed E-state index contributed by atoms with van der Waals surface area (Å²) in [6.45, 7) is 2.14. The standard InChI is InChI=1S/C16H14ClN3O/c1-11-7-8-12(10-14(11)17)16(21)20-15-6-2-4-13(19-15)5-3-9-18/h2,4,6-8,10H,9,18H2,1H3,(H,19,20,21). The van der Waals surface area contributed by atoms with E-state index in [0.29, 0.717) is 22.1 Å². The number of benzene rings is 1. The van der Waals surface area contributed by atoms with E-state index in [1.165, 1.54) is 0 Å². The van der Waals surface area contributed by atoms with Gasteiger partial charge in [-0.1, -0.05) is 29.7 Å². The Kier molecular flexibility index (Phi) is 4.94. The van der Waals surface area contributed by atoms with Gasteiger partial charge in [-0.25, -0.2) is 4.98 Å². The molecule has 0 spiro atoms. The number of carbonyl (C=O) groups is 1. The van der Waals surface area contributed by atoms with Crippen LogP contribution in [-0.2, 0) is 0 Å². The number of pyridine rings is 1. The second-order valence-electron chi connectivity index (χ2n) is 4.33. The average Bonchev–Trinajstić information content (AvgIpc) is 2.48. The van der Waals surface area contributed by atoms with Crippen molar-refractivity contribution < 1.29 is 4.79 Å². The molecule has 0 unspecified atom stereocenters. The van der Waals surface area contributed by atoms with Crippen molar-refractivity contribution in [2.75, 3.05) is 11.9 Å². The van der Waals surface area contributed by atoms with E-state index in [4.69, 9.17) is 17.3 Å². The van der Waals surface area contributed by atoms with Crippen LogP contribution in [0.4, 0.5) is 5.82 Å². The Bertz CT molecular complexity index is 732. The number of hydrogen-bond donors (Lipinski definition) is 2. The number of amides is 1. The number of hydrogen-bond acceptors (Lipinski definition) is 3. The minimum Gasteiger partial charge on any atom is -0.320 e. The summed E-state index contributed by atoms with van der Waals surface area (Å²) < 4.78 is 0. The summed E-state index contributed by atoms with van der Waals surface area (Å²) in [5, 5.41) is 3.27. The van der Waals surface area contributed by atoms with Crippen molar-refractivity contribution in [2.45, 2.75) is 6.92 Å². The summed E-state index contributed by atoms with van der Waals surface area (Å²) in [4.78, 5) is 16.4. The molecule has 21 heavy (non-hydrogen) atoms. The normalized spacial score (nSPS) is 9.67. The summed E-state index contributed by atoms with van der Waals surface area (Å²) >= 11 is 6.02. The minimum atomic E-state index is -0.270. The fourth-order valence-corrected chi connectivity index (χ4v) is 1.82. The number of nitrogens with two attached hydrogens (primary N) is 1. The van der Waals surface area contributed by atoms with E-state index in [0.717, 1.165) is 5.56 Å². The lowest BCUT2D eigenvalue weighted by molar-refractivity contribution is 0.102. The Morgan fingerprint density at radius 2 is 2.19 bits per heavy atom. The van der Waals surface area contributed by atoms with E-state index in [1.807, 2.05) is 6.92 Å². The summed E-state index contributed by atoms with van der Waals surface area (Å²) in [7, 11) is 0. The van der Waals surface area contributed by atoms with Crippen LogP contribution in [0, 0.1) is 18.8 Å². The van der Waals surface area contributed by atoms with Gasteiger partial charge in [0.2, 0.25) is 0 Å². The average molecular weight is 300 g/mol. The molecule has 3 N–H and O–H groups in total. The van der Waals surface area contributed by atoms with Crippen molar-refractivity contribution in [1.29, 1.82) is 0 Å². The van der Waals surface area contributed by atoms with Crippen LogP contribution in [0.25, 0.3) is 0 Å². The zero-order valence-electron chi connectivity index (χ0n) is 11.5. The number of aromatic nitrogens is 1. The van der Waals surface area contributed by atoms with Crippen LogP contribution in [0.2, 0.25) is 5.02 Å². The molecule has 1 aromatic heterocycles. The predicted octanol–water partition coefficient (Wildman–Crippen LogP) is 2.61. The van der Waals surface area contributed by atoms with Crippen LogP contribution in [0.15, 0.2) is 36.4 Å². The van der Waals surface area contributed by atoms with Gasteiger partial charge in [-0.3, -0.25) is 4.79 Å². The predicted molar refractivity (Wildman–Crippen MR) is 84.3 cm³/mol. The SMILES string of the molecule is Cc1ccc(C(=O)Nc2cccc(C#CCN)n2)cc1Cl. The Balaban J connectivity index is 2.17. The Labute approximate surface area is 128 Å². The van der Waals surface area contributed by atoms with Gasteiger partial charge in [-0.15, -0.1) is 0 Å². The van der Waals surface area contributed by atoms with Crippen LogP contribution >= 0.6 is 11.6 Å². The van der Waals surface area contributed by atoms with E-state index in [-0.39, 0.29) is 12.5 Å². The number of aryl methyl sites for hydroxylation is 1. The van der Waals surface area contributed by atoms with Gasteiger partial charge in [0.05, 0.1) is 6.54 Å². The molecule has 0 saturated carbocycles. The molecule has 0 fully saturated rings. The third-order valence-electron chi connectivity index (χ3n) is 2.74. The van der Waals surface area contributed by atoms with Gasteiger partial charge in [0.1, 0.15) is 11.5 Å². The molecule has 0 aliphatic heterocycles. The third-order valence-corrected chi connectivity index (χ3v) is 3.15. The highest BCUT2D eigenvalue weighted by Crippen LogP contribution is 2.17. The molecule has 5 heteroatoms. The van der Waals surface area contributed by atoms with Gasteiger partial charge in [-0.05, 0) is 42.7 Å². The second kappa shape index (κ2) is 6.89. The van der Waals surface area contributed by atoms with Crippen LogP contribution < -0.4 is 11.1 Å². The molecular formula is C16H14ClN3O. The number of rotatable bonds is 2. The molecule has 0 bridgehead atoms. The Morgan fingerprint density at radius 3 is 2.90 bits per heavy atom. The maximum Gasteiger partial charge on any atom is 0.256 e. The maximum absolute atomic E-state index is 12.1. The number of anilines is 1. The van der Waals surface area contributed by atoms with Gasteiger partial charge in [0, 0.05) is 10.6 Å². The number of halogens is 1. The molecule has 0 saturated heterocycles. The minimum absolute atomic E-state index is 0.264. The monoisotopic (exact) mass is 299 g/mol. The van der Waals surface area contributed by atoms with Crippen molar-refractivity contribution in [3.05, 3.63) is 58.2 Å². The number of nitrogens with zero attached hydrogens (tertiary/aromatic N) is 1. The van der Waals surface area contributed by atoms with Crippen molar-refractivity contribution in [1.82, 2.24) is 4.98 Å². The largest absolute Gasteiger partial charge is 0.320 e. The highest BCUT2D eigenvalue weighted by Gasteiger charge is 2.08. The third kappa shape index (κ3) is 4.06. The molecule has 0 radical (unpaired) electrons. The molecular weight excluding hydrogens is 286 g/mol. The molecule has 106 valence electrons. The molecule has 0 aliphatic rings. The first-order valence-corrected chi connectivity index (χ1v) is 6.71. The maximum atomic E-state index is 12.1. The summed E-state index contributed by atoms with van der Waals surface area (Å²) in [6, 6.07) is 10.4. The lowest BCUT2D eigenvalue weighted by Crippen LogP contribution is -2.13. The van der Waals surface area contributed by atoms with Crippen molar-refractivity contribution in [2.24, 2.45) is 5.73 Å². The van der Waals surface area contributed by atoms with Gasteiger partial charge < -0.3 is 11.1 Å². The van der Waals surface area contributed by atoms with Gasteiger partial charge in [0.15, 0.2) is 0 Å². The van der Waals surface area contributed by atoms with E-state index < -0.39 is 0 Å². The molecule has 2 aromatic rings. The van der Waals surface area contributed by atoms with Crippen molar-refractivity contribution >= 4 is 23.3 Å². The summed E-state index contributed by atoms with van der Waals surface area (Å²) in [5.74, 6) is 5.69. The molecule has 4 nitrogen and oxygen atoms in total. The van der Waals surface area contributed by atoms with Crippen molar-refractivity contribution in [3.8, 4) is 11.8 Å². The number of nitrogens with one attached hydrogen (secondary N) is 1. The van der Waals surface area contributed by atoms with Crippen LogP contribution in [0.3, 0.4) is 0 Å². The smallest absolute Gasteiger partial charge is 0.256 e. The zero-order valence-corrected chi connectivity index (χ0v) is 12.2. The van der Waals surface area contributed by atoms with E-state index in [1.54, 1.807) is 36.4 Å². The van der Waals surface area contributed by atoms with Crippen molar-refractivity contribution in [3.63, 3.8) is 0 Å². The Hall–Kier alpha value is -2.35. The lowest BCUT2D eigenvalue weighted by atomic mass is 10.1.